The van der Waals surface area contributed by atoms with E-state index in [1.807, 2.05) is 0 Å². The van der Waals surface area contributed by atoms with Crippen LogP contribution in [-0.4, -0.2) is 7.05 Å². The van der Waals surface area contributed by atoms with Crippen molar-refractivity contribution in [3.63, 3.8) is 0 Å². The molecule has 53 heavy (non-hydrogen) atoms. The standard InChI is InChI=1S/C51H42N2/c1-4-13-37(5-2)39-22-30-45(31-23-39)53(46-32-24-40(25-33-46)38-14-7-6-8-15-38)47-34-26-42(27-35-47)41-20-28-44(29-21-41)52(3)51-36-43-16-9-10-17-48(43)49-18-11-12-19-50(49)51/h4-36H,1-3H3/b13-4-,37-5+. The molecular formula is C51H42N2. The van der Waals surface area contributed by atoms with Crippen molar-refractivity contribution in [2.24, 2.45) is 0 Å². The molecule has 0 bridgehead atoms. The maximum atomic E-state index is 2.33. The molecule has 0 spiro atoms. The van der Waals surface area contributed by atoms with Gasteiger partial charge in [0, 0.05) is 40.9 Å². The molecule has 0 atom stereocenters. The van der Waals surface area contributed by atoms with Crippen molar-refractivity contribution in [2.45, 2.75) is 13.8 Å². The first kappa shape index (κ1) is 33.5. The van der Waals surface area contributed by atoms with E-state index < -0.39 is 0 Å². The molecule has 8 rings (SSSR count). The third-order valence-corrected chi connectivity index (χ3v) is 10.2. The van der Waals surface area contributed by atoms with E-state index >= 15 is 0 Å². The van der Waals surface area contributed by atoms with E-state index in [0.717, 1.165) is 22.7 Å². The Hall–Kier alpha value is -6.64. The first-order valence-corrected chi connectivity index (χ1v) is 18.3. The first-order chi connectivity index (χ1) is 26.1. The fraction of sp³-hybridized carbons (Fsp3) is 0.0588. The zero-order valence-corrected chi connectivity index (χ0v) is 30.4. The number of anilines is 5. The zero-order chi connectivity index (χ0) is 36.1. The van der Waals surface area contributed by atoms with Crippen molar-refractivity contribution in [3.05, 3.63) is 206 Å². The molecule has 256 valence electrons. The summed E-state index contributed by atoms with van der Waals surface area (Å²) in [6.45, 7) is 4.15. The van der Waals surface area contributed by atoms with E-state index in [-0.39, 0.29) is 0 Å². The summed E-state index contributed by atoms with van der Waals surface area (Å²) in [5.74, 6) is 0. The van der Waals surface area contributed by atoms with Crippen LogP contribution in [0.3, 0.4) is 0 Å². The summed E-state index contributed by atoms with van der Waals surface area (Å²) in [5.41, 5.74) is 12.9. The summed E-state index contributed by atoms with van der Waals surface area (Å²) < 4.78 is 0. The van der Waals surface area contributed by atoms with Crippen LogP contribution in [0, 0.1) is 0 Å². The van der Waals surface area contributed by atoms with E-state index in [1.165, 1.54) is 60.6 Å². The molecule has 0 radical (unpaired) electrons. The van der Waals surface area contributed by atoms with Crippen molar-refractivity contribution in [1.82, 2.24) is 0 Å². The average Bonchev–Trinajstić information content (AvgIpc) is 3.23. The summed E-state index contributed by atoms with van der Waals surface area (Å²) in [4.78, 5) is 4.63. The van der Waals surface area contributed by atoms with Crippen LogP contribution in [0.5, 0.6) is 0 Å². The zero-order valence-electron chi connectivity index (χ0n) is 30.4. The van der Waals surface area contributed by atoms with Crippen molar-refractivity contribution >= 4 is 55.6 Å². The van der Waals surface area contributed by atoms with Crippen molar-refractivity contribution in [2.75, 3.05) is 16.8 Å². The van der Waals surface area contributed by atoms with E-state index in [9.17, 15) is 0 Å². The van der Waals surface area contributed by atoms with Gasteiger partial charge in [0.2, 0.25) is 0 Å². The van der Waals surface area contributed by atoms with Gasteiger partial charge in [-0.1, -0.05) is 146 Å². The summed E-state index contributed by atoms with van der Waals surface area (Å²) in [7, 11) is 2.16. The molecule has 0 unspecified atom stereocenters. The van der Waals surface area contributed by atoms with Crippen LogP contribution in [-0.2, 0) is 0 Å². The second-order valence-electron chi connectivity index (χ2n) is 13.4. The summed E-state index contributed by atoms with van der Waals surface area (Å²) in [6, 6.07) is 65.7. The first-order valence-electron chi connectivity index (χ1n) is 18.3. The van der Waals surface area contributed by atoms with Gasteiger partial charge in [0.05, 0.1) is 0 Å². The fourth-order valence-corrected chi connectivity index (χ4v) is 7.35. The van der Waals surface area contributed by atoms with Crippen LogP contribution in [0.15, 0.2) is 200 Å². The van der Waals surface area contributed by atoms with E-state index in [4.69, 9.17) is 0 Å². The molecule has 0 fully saturated rings. The van der Waals surface area contributed by atoms with Gasteiger partial charge in [0.15, 0.2) is 0 Å². The van der Waals surface area contributed by atoms with E-state index in [2.05, 4.69) is 231 Å². The predicted octanol–water partition coefficient (Wildman–Crippen LogP) is 14.5. The summed E-state index contributed by atoms with van der Waals surface area (Å²) in [6.07, 6.45) is 6.40. The highest BCUT2D eigenvalue weighted by Crippen LogP contribution is 2.39. The van der Waals surface area contributed by atoms with Crippen molar-refractivity contribution in [3.8, 4) is 22.3 Å². The highest BCUT2D eigenvalue weighted by atomic mass is 15.1. The SMILES string of the molecule is C/C=C\C(=C/C)c1ccc(N(c2ccc(-c3ccccc3)cc2)c2ccc(-c3ccc(N(C)c4cc5ccccc5c5ccccc45)cc3)cc2)cc1. The van der Waals surface area contributed by atoms with Crippen LogP contribution < -0.4 is 9.80 Å². The minimum absolute atomic E-state index is 1.10. The Bertz CT molecular complexity index is 2540. The number of benzene rings is 8. The normalized spacial score (nSPS) is 11.7. The van der Waals surface area contributed by atoms with Gasteiger partial charge in [0.1, 0.15) is 0 Å². The van der Waals surface area contributed by atoms with Crippen molar-refractivity contribution < 1.29 is 0 Å². The molecule has 0 N–H and O–H groups in total. The van der Waals surface area contributed by atoms with Crippen LogP contribution in [0.1, 0.15) is 19.4 Å². The maximum absolute atomic E-state index is 2.33. The lowest BCUT2D eigenvalue weighted by Crippen LogP contribution is -2.10. The number of hydrogen-bond acceptors (Lipinski definition) is 2. The lowest BCUT2D eigenvalue weighted by Gasteiger charge is -2.26. The lowest BCUT2D eigenvalue weighted by molar-refractivity contribution is 1.22. The highest BCUT2D eigenvalue weighted by molar-refractivity contribution is 6.13. The maximum Gasteiger partial charge on any atom is 0.0494 e. The second-order valence-corrected chi connectivity index (χ2v) is 13.4. The summed E-state index contributed by atoms with van der Waals surface area (Å²) >= 11 is 0. The van der Waals surface area contributed by atoms with Gasteiger partial charge < -0.3 is 9.80 Å². The monoisotopic (exact) mass is 682 g/mol. The smallest absolute Gasteiger partial charge is 0.0494 e. The number of rotatable bonds is 9. The fourth-order valence-electron chi connectivity index (χ4n) is 7.35. The Morgan fingerprint density at radius 3 is 1.43 bits per heavy atom. The molecule has 2 heteroatoms. The van der Waals surface area contributed by atoms with E-state index in [0.29, 0.717) is 0 Å². The third kappa shape index (κ3) is 6.76. The summed E-state index contributed by atoms with van der Waals surface area (Å²) in [5, 5.41) is 5.06. The Morgan fingerprint density at radius 1 is 0.434 bits per heavy atom. The molecule has 0 amide bonds. The molecular weight excluding hydrogens is 641 g/mol. The molecule has 0 saturated carbocycles. The topological polar surface area (TPSA) is 6.48 Å². The molecule has 0 aliphatic carbocycles. The van der Waals surface area contributed by atoms with Crippen LogP contribution in [0.2, 0.25) is 0 Å². The van der Waals surface area contributed by atoms with Gasteiger partial charge in [-0.05, 0) is 118 Å². The van der Waals surface area contributed by atoms with Gasteiger partial charge in [-0.15, -0.1) is 0 Å². The number of allylic oxidation sites excluding steroid dienone is 4. The Labute approximate surface area is 313 Å². The quantitative estimate of drug-likeness (QED) is 0.110. The van der Waals surface area contributed by atoms with Gasteiger partial charge in [-0.25, -0.2) is 0 Å². The van der Waals surface area contributed by atoms with Gasteiger partial charge in [-0.2, -0.15) is 0 Å². The van der Waals surface area contributed by atoms with Crippen molar-refractivity contribution in [1.29, 1.82) is 0 Å². The van der Waals surface area contributed by atoms with Gasteiger partial charge in [-0.3, -0.25) is 0 Å². The molecule has 0 aromatic heterocycles. The van der Waals surface area contributed by atoms with Gasteiger partial charge >= 0.3 is 0 Å². The number of hydrogen-bond donors (Lipinski definition) is 0. The second kappa shape index (κ2) is 14.9. The van der Waals surface area contributed by atoms with E-state index in [1.54, 1.807) is 0 Å². The number of nitrogens with zero attached hydrogens (tertiary/aromatic N) is 2. The Kier molecular flexibility index (Phi) is 9.43. The molecule has 0 saturated heterocycles. The predicted molar refractivity (Wildman–Crippen MR) is 230 cm³/mol. The number of fused-ring (bicyclic) bond motifs is 3. The lowest BCUT2D eigenvalue weighted by atomic mass is 9.99. The third-order valence-electron chi connectivity index (χ3n) is 10.2. The van der Waals surface area contributed by atoms with Crippen LogP contribution in [0.25, 0.3) is 49.4 Å². The molecule has 8 aromatic rings. The minimum Gasteiger partial charge on any atom is -0.344 e. The minimum atomic E-state index is 1.10. The Morgan fingerprint density at radius 2 is 0.887 bits per heavy atom. The molecule has 0 aliphatic rings. The Balaban J connectivity index is 1.10. The molecule has 0 heterocycles. The van der Waals surface area contributed by atoms with Crippen LogP contribution >= 0.6 is 0 Å². The largest absolute Gasteiger partial charge is 0.344 e. The molecule has 2 nitrogen and oxygen atoms in total. The van der Waals surface area contributed by atoms with Crippen LogP contribution in [0.4, 0.5) is 28.4 Å². The van der Waals surface area contributed by atoms with Gasteiger partial charge in [0.25, 0.3) is 0 Å². The molecule has 8 aromatic carbocycles. The highest BCUT2D eigenvalue weighted by Gasteiger charge is 2.15. The molecule has 0 aliphatic heterocycles. The average molecular weight is 683 g/mol.